The Hall–Kier alpha value is -1.81. The van der Waals surface area contributed by atoms with Crippen LogP contribution in [0.4, 0.5) is 13.2 Å². The van der Waals surface area contributed by atoms with Crippen molar-refractivity contribution in [1.29, 1.82) is 0 Å². The van der Waals surface area contributed by atoms with Gasteiger partial charge in [-0.1, -0.05) is 0 Å². The molecule has 21 heavy (non-hydrogen) atoms. The van der Waals surface area contributed by atoms with Crippen LogP contribution in [0.5, 0.6) is 5.75 Å². The zero-order valence-electron chi connectivity index (χ0n) is 10.7. The van der Waals surface area contributed by atoms with Crippen LogP contribution < -0.4 is 4.72 Å². The lowest BCUT2D eigenvalue weighted by atomic mass is 10.1. The average Bonchev–Trinajstić information content (AvgIpc) is 2.25. The molecular weight excluding hydrogens is 315 g/mol. The van der Waals surface area contributed by atoms with E-state index in [-0.39, 0.29) is 5.56 Å². The second-order valence-corrected chi connectivity index (χ2v) is 5.94. The number of alkyl halides is 3. The monoisotopic (exact) mass is 327 g/mol. The number of hydrogen-bond donors (Lipinski definition) is 3. The van der Waals surface area contributed by atoms with Crippen molar-refractivity contribution in [2.75, 3.05) is 6.54 Å². The second kappa shape index (κ2) is 5.90. The lowest BCUT2D eigenvalue weighted by molar-refractivity contribution is -0.132. The second-order valence-electron chi connectivity index (χ2n) is 4.20. The summed E-state index contributed by atoms with van der Waals surface area (Å²) in [5.74, 6) is -2.19. The van der Waals surface area contributed by atoms with Crippen molar-refractivity contribution < 1.29 is 36.6 Å². The quantitative estimate of drug-likeness (QED) is 0.762. The lowest BCUT2D eigenvalue weighted by Gasteiger charge is -2.12. The van der Waals surface area contributed by atoms with E-state index in [0.29, 0.717) is 6.07 Å². The number of phenols is 1. The van der Waals surface area contributed by atoms with Gasteiger partial charge in [0.15, 0.2) is 0 Å². The highest BCUT2D eigenvalue weighted by Crippen LogP contribution is 2.26. The van der Waals surface area contributed by atoms with Crippen LogP contribution in [0.2, 0.25) is 0 Å². The minimum absolute atomic E-state index is 0.0111. The third kappa shape index (κ3) is 4.60. The Labute approximate surface area is 118 Å². The molecule has 0 aliphatic carbocycles. The van der Waals surface area contributed by atoms with Crippen LogP contribution in [-0.4, -0.2) is 37.3 Å². The molecule has 0 atom stereocenters. The first-order chi connectivity index (χ1) is 9.44. The molecule has 0 saturated heterocycles. The largest absolute Gasteiger partial charge is 0.507 e. The van der Waals surface area contributed by atoms with Gasteiger partial charge in [0, 0.05) is 6.54 Å². The standard InChI is InChI=1S/C11H12F3NO5S/c1-6-4-8(16)7(10(17)18)5-9(6)21(19,20)15-3-2-11(12,13)14/h4-5,15-16H,2-3H2,1H3,(H,17,18). The molecule has 0 aromatic heterocycles. The Balaban J connectivity index is 3.08. The van der Waals surface area contributed by atoms with Crippen molar-refractivity contribution in [3.63, 3.8) is 0 Å². The number of carboxylic acid groups (broad SMARTS) is 1. The maximum atomic E-state index is 12.0. The number of halogens is 3. The fourth-order valence-corrected chi connectivity index (χ4v) is 2.82. The number of carboxylic acids is 1. The van der Waals surface area contributed by atoms with E-state index in [1.807, 2.05) is 0 Å². The van der Waals surface area contributed by atoms with Gasteiger partial charge < -0.3 is 10.2 Å². The van der Waals surface area contributed by atoms with E-state index in [1.165, 1.54) is 6.92 Å². The van der Waals surface area contributed by atoms with E-state index < -0.39 is 51.3 Å². The fraction of sp³-hybridized carbons (Fsp3) is 0.364. The predicted octanol–water partition coefficient (Wildman–Crippen LogP) is 1.63. The van der Waals surface area contributed by atoms with E-state index in [4.69, 9.17) is 5.11 Å². The maximum absolute atomic E-state index is 12.0. The predicted molar refractivity (Wildman–Crippen MR) is 65.7 cm³/mol. The van der Waals surface area contributed by atoms with Gasteiger partial charge >= 0.3 is 12.1 Å². The van der Waals surface area contributed by atoms with Crippen molar-refractivity contribution in [1.82, 2.24) is 4.72 Å². The summed E-state index contributed by atoms with van der Waals surface area (Å²) in [6, 6.07) is 1.62. The summed E-state index contributed by atoms with van der Waals surface area (Å²) in [5.41, 5.74) is -0.645. The van der Waals surface area contributed by atoms with Crippen LogP contribution in [0.15, 0.2) is 17.0 Å². The molecule has 0 saturated carbocycles. The molecule has 0 aliphatic heterocycles. The van der Waals surface area contributed by atoms with Crippen molar-refractivity contribution >= 4 is 16.0 Å². The molecule has 0 bridgehead atoms. The molecular formula is C11H12F3NO5S. The average molecular weight is 327 g/mol. The third-order valence-electron chi connectivity index (χ3n) is 2.51. The van der Waals surface area contributed by atoms with Crippen LogP contribution in [0, 0.1) is 6.92 Å². The number of aryl methyl sites for hydroxylation is 1. The smallest absolute Gasteiger partial charge is 0.390 e. The zero-order valence-corrected chi connectivity index (χ0v) is 11.5. The molecule has 6 nitrogen and oxygen atoms in total. The first-order valence-electron chi connectivity index (χ1n) is 5.57. The highest BCUT2D eigenvalue weighted by Gasteiger charge is 2.28. The molecule has 0 fully saturated rings. The lowest BCUT2D eigenvalue weighted by Crippen LogP contribution is -2.28. The van der Waals surface area contributed by atoms with Gasteiger partial charge in [-0.25, -0.2) is 17.9 Å². The van der Waals surface area contributed by atoms with Crippen LogP contribution in [0.25, 0.3) is 0 Å². The van der Waals surface area contributed by atoms with Gasteiger partial charge in [0.25, 0.3) is 0 Å². The minimum Gasteiger partial charge on any atom is -0.507 e. The molecule has 1 rings (SSSR count). The first kappa shape index (κ1) is 17.2. The van der Waals surface area contributed by atoms with Crippen molar-refractivity contribution in [2.45, 2.75) is 24.4 Å². The van der Waals surface area contributed by atoms with Gasteiger partial charge in [-0.3, -0.25) is 0 Å². The topological polar surface area (TPSA) is 104 Å². The Morgan fingerprint density at radius 2 is 1.90 bits per heavy atom. The zero-order chi connectivity index (χ0) is 16.4. The number of nitrogens with one attached hydrogen (secondary N) is 1. The Morgan fingerprint density at radius 3 is 2.38 bits per heavy atom. The molecule has 118 valence electrons. The molecule has 0 radical (unpaired) electrons. The fourth-order valence-electron chi connectivity index (χ4n) is 1.54. The van der Waals surface area contributed by atoms with E-state index in [9.17, 15) is 31.5 Å². The van der Waals surface area contributed by atoms with Crippen LogP contribution in [0.3, 0.4) is 0 Å². The summed E-state index contributed by atoms with van der Waals surface area (Å²) in [5, 5.41) is 18.2. The van der Waals surface area contributed by atoms with Crippen molar-refractivity contribution in [2.24, 2.45) is 0 Å². The number of aromatic hydroxyl groups is 1. The van der Waals surface area contributed by atoms with Gasteiger partial charge in [0.1, 0.15) is 11.3 Å². The molecule has 0 spiro atoms. The van der Waals surface area contributed by atoms with E-state index in [0.717, 1.165) is 6.07 Å². The Morgan fingerprint density at radius 1 is 1.33 bits per heavy atom. The molecule has 0 aliphatic rings. The SMILES string of the molecule is Cc1cc(O)c(C(=O)O)cc1S(=O)(=O)NCCC(F)(F)F. The molecule has 3 N–H and O–H groups in total. The maximum Gasteiger partial charge on any atom is 0.390 e. The molecule has 1 aromatic carbocycles. The van der Waals surface area contributed by atoms with E-state index >= 15 is 0 Å². The van der Waals surface area contributed by atoms with Crippen molar-refractivity contribution in [3.8, 4) is 5.75 Å². The molecule has 10 heteroatoms. The summed E-state index contributed by atoms with van der Waals surface area (Å²) >= 11 is 0. The van der Waals surface area contributed by atoms with Gasteiger partial charge in [0.2, 0.25) is 10.0 Å². The van der Waals surface area contributed by atoms with Gasteiger partial charge in [-0.05, 0) is 24.6 Å². The number of carbonyl (C=O) groups is 1. The molecule has 1 aromatic rings. The summed E-state index contributed by atoms with van der Waals surface area (Å²) < 4.78 is 61.4. The number of benzene rings is 1. The summed E-state index contributed by atoms with van der Waals surface area (Å²) in [6.45, 7) is 0.415. The first-order valence-corrected chi connectivity index (χ1v) is 7.05. The highest BCUT2D eigenvalue weighted by molar-refractivity contribution is 7.89. The number of sulfonamides is 1. The van der Waals surface area contributed by atoms with Gasteiger partial charge in [-0.15, -0.1) is 0 Å². The summed E-state index contributed by atoms with van der Waals surface area (Å²) in [4.78, 5) is 10.3. The van der Waals surface area contributed by atoms with Gasteiger partial charge in [-0.2, -0.15) is 13.2 Å². The number of aromatic carboxylic acids is 1. The van der Waals surface area contributed by atoms with Crippen LogP contribution in [0.1, 0.15) is 22.3 Å². The number of rotatable bonds is 5. The third-order valence-corrected chi connectivity index (χ3v) is 4.12. The summed E-state index contributed by atoms with van der Waals surface area (Å²) in [7, 11) is -4.31. The normalized spacial score (nSPS) is 12.4. The van der Waals surface area contributed by atoms with E-state index in [2.05, 4.69) is 0 Å². The van der Waals surface area contributed by atoms with Crippen molar-refractivity contribution in [3.05, 3.63) is 23.3 Å². The Bertz CT molecular complexity index is 655. The highest BCUT2D eigenvalue weighted by atomic mass is 32.2. The van der Waals surface area contributed by atoms with Gasteiger partial charge in [0.05, 0.1) is 11.3 Å². The van der Waals surface area contributed by atoms with Crippen LogP contribution in [-0.2, 0) is 10.0 Å². The molecule has 0 heterocycles. The molecule has 0 amide bonds. The van der Waals surface area contributed by atoms with Crippen LogP contribution >= 0.6 is 0 Å². The minimum atomic E-state index is -4.52. The molecule has 0 unspecified atom stereocenters. The number of hydrogen-bond acceptors (Lipinski definition) is 4. The Kier molecular flexibility index (Phi) is 4.84. The van der Waals surface area contributed by atoms with E-state index in [1.54, 1.807) is 4.72 Å². The summed E-state index contributed by atoms with van der Waals surface area (Å²) in [6.07, 6.45) is -5.87.